The molecule has 0 aliphatic heterocycles. The lowest BCUT2D eigenvalue weighted by atomic mass is 10.2. The zero-order valence-electron chi connectivity index (χ0n) is 15.8. The summed E-state index contributed by atoms with van der Waals surface area (Å²) in [5, 5.41) is 5.03. The number of nitrogens with one attached hydrogen (secondary N) is 1. The Morgan fingerprint density at radius 1 is 1.21 bits per heavy atom. The Morgan fingerprint density at radius 3 is 2.82 bits per heavy atom. The molecule has 0 unspecified atom stereocenters. The Balaban J connectivity index is 1.46. The van der Waals surface area contributed by atoms with Gasteiger partial charge in [-0.05, 0) is 31.0 Å². The van der Waals surface area contributed by atoms with Crippen molar-refractivity contribution in [1.29, 1.82) is 0 Å². The van der Waals surface area contributed by atoms with Crippen LogP contribution in [0, 0.1) is 6.92 Å². The third kappa shape index (κ3) is 3.77. The smallest absolute Gasteiger partial charge is 0.224 e. The van der Waals surface area contributed by atoms with Gasteiger partial charge in [0.2, 0.25) is 5.91 Å². The highest BCUT2D eigenvalue weighted by Crippen LogP contribution is 2.26. The molecule has 0 saturated carbocycles. The average Bonchev–Trinajstić information content (AvgIpc) is 3.28. The molecule has 0 bridgehead atoms. The van der Waals surface area contributed by atoms with E-state index in [4.69, 9.17) is 9.72 Å². The Kier molecular flexibility index (Phi) is 5.12. The molecule has 1 N–H and O–H groups in total. The maximum atomic E-state index is 12.5. The number of rotatable bonds is 6. The fourth-order valence-corrected chi connectivity index (χ4v) is 4.04. The van der Waals surface area contributed by atoms with Crippen LogP contribution in [0.1, 0.15) is 17.7 Å². The van der Waals surface area contributed by atoms with Gasteiger partial charge in [0.15, 0.2) is 4.96 Å². The second-order valence-electron chi connectivity index (χ2n) is 6.62. The van der Waals surface area contributed by atoms with Gasteiger partial charge in [-0.25, -0.2) is 4.98 Å². The first-order valence-electron chi connectivity index (χ1n) is 9.09. The van der Waals surface area contributed by atoms with Gasteiger partial charge in [-0.3, -0.25) is 9.20 Å². The van der Waals surface area contributed by atoms with Crippen molar-refractivity contribution in [2.45, 2.75) is 19.8 Å². The molecule has 0 aliphatic carbocycles. The van der Waals surface area contributed by atoms with E-state index in [-0.39, 0.29) is 5.91 Å². The number of aryl methyl sites for hydroxylation is 2. The molecule has 2 aromatic carbocycles. The maximum Gasteiger partial charge on any atom is 0.224 e. The summed E-state index contributed by atoms with van der Waals surface area (Å²) < 4.78 is 7.41. The summed E-state index contributed by atoms with van der Waals surface area (Å²) in [7, 11) is 1.60. The lowest BCUT2D eigenvalue weighted by Crippen LogP contribution is -2.13. The van der Waals surface area contributed by atoms with Gasteiger partial charge in [-0.1, -0.05) is 36.4 Å². The molecule has 4 rings (SSSR count). The molecule has 1 amide bonds. The Morgan fingerprint density at radius 2 is 2.04 bits per heavy atom. The van der Waals surface area contributed by atoms with Crippen LogP contribution in [-0.2, 0) is 11.2 Å². The number of carbonyl (C=O) groups is 1. The van der Waals surface area contributed by atoms with E-state index in [9.17, 15) is 4.79 Å². The van der Waals surface area contributed by atoms with E-state index >= 15 is 0 Å². The first-order valence-corrected chi connectivity index (χ1v) is 9.97. The second-order valence-corrected chi connectivity index (χ2v) is 7.46. The SMILES string of the molecule is COc1ccc(C)cc1NC(=O)CCc1csc2nc(-c3ccccc3)cn12. The molecule has 2 aromatic heterocycles. The largest absolute Gasteiger partial charge is 0.495 e. The van der Waals surface area contributed by atoms with E-state index in [1.54, 1.807) is 18.4 Å². The third-order valence-corrected chi connectivity index (χ3v) is 5.48. The summed E-state index contributed by atoms with van der Waals surface area (Å²) in [5.74, 6) is 0.630. The molecule has 5 nitrogen and oxygen atoms in total. The topological polar surface area (TPSA) is 55.6 Å². The molecule has 6 heteroatoms. The van der Waals surface area contributed by atoms with Crippen LogP contribution in [0.3, 0.4) is 0 Å². The van der Waals surface area contributed by atoms with E-state index < -0.39 is 0 Å². The Hall–Kier alpha value is -3.12. The lowest BCUT2D eigenvalue weighted by Gasteiger charge is -2.11. The summed E-state index contributed by atoms with van der Waals surface area (Å²) >= 11 is 1.59. The van der Waals surface area contributed by atoms with Crippen molar-refractivity contribution in [1.82, 2.24) is 9.38 Å². The highest BCUT2D eigenvalue weighted by atomic mass is 32.1. The number of fused-ring (bicyclic) bond motifs is 1. The number of imidazole rings is 1. The molecule has 0 atom stereocenters. The van der Waals surface area contributed by atoms with Gasteiger partial charge >= 0.3 is 0 Å². The van der Waals surface area contributed by atoms with E-state index in [0.29, 0.717) is 24.3 Å². The van der Waals surface area contributed by atoms with Gasteiger partial charge < -0.3 is 10.1 Å². The predicted molar refractivity (Wildman–Crippen MR) is 113 cm³/mol. The van der Waals surface area contributed by atoms with Gasteiger partial charge in [0, 0.05) is 29.3 Å². The number of carbonyl (C=O) groups excluding carboxylic acids is 1. The Bertz CT molecular complexity index is 1120. The zero-order valence-corrected chi connectivity index (χ0v) is 16.6. The molecule has 142 valence electrons. The standard InChI is InChI=1S/C22H21N3O2S/c1-15-8-10-20(27-2)18(12-15)23-21(26)11-9-17-14-28-22-24-19(13-25(17)22)16-6-4-3-5-7-16/h3-8,10,12-14H,9,11H2,1-2H3,(H,23,26). The highest BCUT2D eigenvalue weighted by molar-refractivity contribution is 7.15. The summed E-state index contributed by atoms with van der Waals surface area (Å²) in [6.07, 6.45) is 3.07. The number of hydrogen-bond donors (Lipinski definition) is 1. The third-order valence-electron chi connectivity index (χ3n) is 4.59. The molecular weight excluding hydrogens is 370 g/mol. The summed E-state index contributed by atoms with van der Waals surface area (Å²) in [6.45, 7) is 1.99. The first kappa shape index (κ1) is 18.3. The van der Waals surface area contributed by atoms with Crippen molar-refractivity contribution in [2.75, 3.05) is 12.4 Å². The minimum absolute atomic E-state index is 0.0355. The van der Waals surface area contributed by atoms with Crippen molar-refractivity contribution >= 4 is 27.9 Å². The summed E-state index contributed by atoms with van der Waals surface area (Å²) in [5.41, 5.74) is 4.90. The number of ether oxygens (including phenoxy) is 1. The molecule has 0 spiro atoms. The van der Waals surface area contributed by atoms with Crippen molar-refractivity contribution in [3.8, 4) is 17.0 Å². The zero-order chi connectivity index (χ0) is 19.5. The van der Waals surface area contributed by atoms with Gasteiger partial charge in [-0.15, -0.1) is 11.3 Å². The molecule has 0 fully saturated rings. The van der Waals surface area contributed by atoms with Crippen molar-refractivity contribution < 1.29 is 9.53 Å². The number of methoxy groups -OCH3 is 1. The second kappa shape index (κ2) is 7.86. The van der Waals surface area contributed by atoms with E-state index in [1.165, 1.54) is 0 Å². The predicted octanol–water partition coefficient (Wildman–Crippen LogP) is 4.95. The van der Waals surface area contributed by atoms with Gasteiger partial charge in [0.1, 0.15) is 5.75 Å². The van der Waals surface area contributed by atoms with Crippen LogP contribution in [0.15, 0.2) is 60.1 Å². The quantitative estimate of drug-likeness (QED) is 0.506. The van der Waals surface area contributed by atoms with E-state index in [2.05, 4.69) is 27.2 Å². The van der Waals surface area contributed by atoms with Crippen LogP contribution in [0.2, 0.25) is 0 Å². The monoisotopic (exact) mass is 391 g/mol. The number of amides is 1. The van der Waals surface area contributed by atoms with Crippen molar-refractivity contribution in [3.63, 3.8) is 0 Å². The van der Waals surface area contributed by atoms with Gasteiger partial charge in [-0.2, -0.15) is 0 Å². The van der Waals surface area contributed by atoms with Gasteiger partial charge in [0.05, 0.1) is 18.5 Å². The summed E-state index contributed by atoms with van der Waals surface area (Å²) in [4.78, 5) is 18.1. The molecule has 0 aliphatic rings. The molecule has 0 radical (unpaired) electrons. The molecular formula is C22H21N3O2S. The normalized spacial score (nSPS) is 10.9. The highest BCUT2D eigenvalue weighted by Gasteiger charge is 2.12. The number of hydrogen-bond acceptors (Lipinski definition) is 4. The fourth-order valence-electron chi connectivity index (χ4n) is 3.13. The van der Waals surface area contributed by atoms with E-state index in [1.807, 2.05) is 49.5 Å². The van der Waals surface area contributed by atoms with Crippen LogP contribution in [-0.4, -0.2) is 22.4 Å². The number of anilines is 1. The van der Waals surface area contributed by atoms with Crippen molar-refractivity contribution in [2.24, 2.45) is 0 Å². The van der Waals surface area contributed by atoms with Crippen LogP contribution >= 0.6 is 11.3 Å². The number of thiazole rings is 1. The summed E-state index contributed by atoms with van der Waals surface area (Å²) in [6, 6.07) is 15.9. The van der Waals surface area contributed by atoms with Crippen LogP contribution in [0.5, 0.6) is 5.75 Å². The maximum absolute atomic E-state index is 12.5. The lowest BCUT2D eigenvalue weighted by molar-refractivity contribution is -0.116. The number of benzene rings is 2. The van der Waals surface area contributed by atoms with Crippen LogP contribution < -0.4 is 10.1 Å². The Labute approximate surface area is 167 Å². The van der Waals surface area contributed by atoms with Crippen LogP contribution in [0.4, 0.5) is 5.69 Å². The molecule has 2 heterocycles. The fraction of sp³-hybridized carbons (Fsp3) is 0.182. The average molecular weight is 391 g/mol. The van der Waals surface area contributed by atoms with Crippen molar-refractivity contribution in [3.05, 3.63) is 71.4 Å². The number of aromatic nitrogens is 2. The number of nitrogens with zero attached hydrogens (tertiary/aromatic N) is 2. The first-order chi connectivity index (χ1) is 13.6. The minimum atomic E-state index is -0.0355. The molecule has 0 saturated heterocycles. The van der Waals surface area contributed by atoms with E-state index in [0.717, 1.165) is 27.5 Å². The molecule has 28 heavy (non-hydrogen) atoms. The van der Waals surface area contributed by atoms with Crippen LogP contribution in [0.25, 0.3) is 16.2 Å². The minimum Gasteiger partial charge on any atom is -0.495 e. The molecule has 4 aromatic rings. The van der Waals surface area contributed by atoms with Gasteiger partial charge in [0.25, 0.3) is 0 Å².